The van der Waals surface area contributed by atoms with Crippen molar-refractivity contribution < 1.29 is 42.4 Å². The molecule has 0 aliphatic heterocycles. The number of hydrogen-bond acceptors (Lipinski definition) is 9. The van der Waals surface area contributed by atoms with Crippen LogP contribution in [0.2, 0.25) is 0 Å². The van der Waals surface area contributed by atoms with Gasteiger partial charge >= 0.3 is 19.8 Å². The first-order valence-corrected chi connectivity index (χ1v) is 23.3. The predicted molar refractivity (Wildman–Crippen MR) is 220 cm³/mol. The fourth-order valence-corrected chi connectivity index (χ4v) is 6.79. The molecule has 0 amide bonds. The van der Waals surface area contributed by atoms with Crippen LogP contribution in [0, 0.1) is 0 Å². The van der Waals surface area contributed by atoms with E-state index in [0.29, 0.717) is 19.3 Å². The van der Waals surface area contributed by atoms with E-state index in [2.05, 4.69) is 19.9 Å². The number of ketones is 1. The van der Waals surface area contributed by atoms with Crippen LogP contribution in [-0.4, -0.2) is 55.1 Å². The van der Waals surface area contributed by atoms with Crippen LogP contribution in [0.25, 0.3) is 0 Å². The molecule has 0 rings (SSSR count). The molecule has 316 valence electrons. The number of phosphoric acid groups is 1. The lowest BCUT2D eigenvalue weighted by molar-refractivity contribution is -0.161. The van der Waals surface area contributed by atoms with E-state index in [1.807, 2.05) is 12.2 Å². The third-order valence-corrected chi connectivity index (χ3v) is 10.3. The van der Waals surface area contributed by atoms with Crippen molar-refractivity contribution in [3.05, 3.63) is 24.3 Å². The molecule has 0 aliphatic carbocycles. The van der Waals surface area contributed by atoms with E-state index in [1.165, 1.54) is 103 Å². The maximum Gasteiger partial charge on any atom is 0.472 e. The van der Waals surface area contributed by atoms with E-state index in [1.54, 1.807) is 6.08 Å². The highest BCUT2D eigenvalue weighted by Crippen LogP contribution is 2.43. The van der Waals surface area contributed by atoms with Gasteiger partial charge in [-0.1, -0.05) is 167 Å². The number of ether oxygens (including phenoxy) is 2. The first kappa shape index (κ1) is 52.2. The quantitative estimate of drug-likeness (QED) is 0.0201. The molecule has 0 aliphatic rings. The average molecular weight is 786 g/mol. The minimum Gasteiger partial charge on any atom is -0.462 e. The number of allylic oxidation sites excluding steroid dienone is 4. The maximum absolute atomic E-state index is 12.6. The summed E-state index contributed by atoms with van der Waals surface area (Å²) in [6, 6.07) is 0. The lowest BCUT2D eigenvalue weighted by atomic mass is 10.0. The van der Waals surface area contributed by atoms with Crippen LogP contribution in [0.15, 0.2) is 24.3 Å². The minimum absolute atomic E-state index is 0.0376. The Morgan fingerprint density at radius 2 is 1.06 bits per heavy atom. The monoisotopic (exact) mass is 786 g/mol. The summed E-state index contributed by atoms with van der Waals surface area (Å²) in [6.07, 6.45) is 37.4. The molecule has 0 saturated heterocycles. The smallest absolute Gasteiger partial charge is 0.462 e. The molecule has 11 heteroatoms. The van der Waals surface area contributed by atoms with Gasteiger partial charge in [-0.25, -0.2) is 4.57 Å². The van der Waals surface area contributed by atoms with Gasteiger partial charge < -0.3 is 20.1 Å². The van der Waals surface area contributed by atoms with Crippen LogP contribution < -0.4 is 5.73 Å². The molecule has 0 aromatic rings. The molecule has 54 heavy (non-hydrogen) atoms. The Morgan fingerprint density at radius 3 is 1.57 bits per heavy atom. The van der Waals surface area contributed by atoms with Gasteiger partial charge in [-0.3, -0.25) is 23.4 Å². The Balaban J connectivity index is 4.20. The Kier molecular flexibility index (Phi) is 38.1. The fourth-order valence-electron chi connectivity index (χ4n) is 6.03. The highest BCUT2D eigenvalue weighted by Gasteiger charge is 2.26. The molecule has 0 bridgehead atoms. The average Bonchev–Trinajstić information content (AvgIpc) is 3.15. The summed E-state index contributed by atoms with van der Waals surface area (Å²) in [7, 11) is -4.40. The van der Waals surface area contributed by atoms with Gasteiger partial charge in [0.1, 0.15) is 6.61 Å². The normalized spacial score (nSPS) is 13.4. The predicted octanol–water partition coefficient (Wildman–Crippen LogP) is 11.6. The summed E-state index contributed by atoms with van der Waals surface area (Å²) in [4.78, 5) is 46.9. The number of rotatable bonds is 41. The first-order chi connectivity index (χ1) is 26.2. The van der Waals surface area contributed by atoms with Gasteiger partial charge in [-0.05, 0) is 38.2 Å². The van der Waals surface area contributed by atoms with Crippen molar-refractivity contribution in [2.45, 2.75) is 206 Å². The molecule has 3 N–H and O–H groups in total. The lowest BCUT2D eigenvalue weighted by Gasteiger charge is -2.19. The number of carbonyl (C=O) groups excluding carboxylic acids is 3. The SMILES string of the molecule is CCCCC/C=C\C=C\C(=O)CCCCCCCC(=O)OC[C@H](COP(=O)(O)OCCN)OC(=O)CCCCCCCCCCCCCCCCCCC. The van der Waals surface area contributed by atoms with Crippen molar-refractivity contribution in [2.24, 2.45) is 5.73 Å². The van der Waals surface area contributed by atoms with Crippen LogP contribution in [0.3, 0.4) is 0 Å². The topological polar surface area (TPSA) is 151 Å². The number of esters is 2. The van der Waals surface area contributed by atoms with Gasteiger partial charge in [-0.2, -0.15) is 0 Å². The Hall–Kier alpha value is -1.84. The molecular weight excluding hydrogens is 705 g/mol. The highest BCUT2D eigenvalue weighted by atomic mass is 31.2. The first-order valence-electron chi connectivity index (χ1n) is 21.8. The summed E-state index contributed by atoms with van der Waals surface area (Å²) in [6.45, 7) is 3.56. The van der Waals surface area contributed by atoms with Gasteiger partial charge in [0, 0.05) is 25.8 Å². The van der Waals surface area contributed by atoms with Crippen LogP contribution in [0.1, 0.15) is 200 Å². The van der Waals surface area contributed by atoms with Crippen LogP contribution in [-0.2, 0) is 37.5 Å². The summed E-state index contributed by atoms with van der Waals surface area (Å²) in [5, 5.41) is 0. The standard InChI is InChI=1S/C43H80NO9P/c1-3-5-7-9-11-12-13-14-15-16-17-18-19-20-22-26-31-35-43(47)53-41(39-52-54(48,49)51-37-36-44)38-50-42(46)34-30-27-23-25-29-33-40(45)32-28-24-21-10-8-6-4-2/h21,24,28,32,41H,3-20,22-23,25-27,29-31,33-39,44H2,1-2H3,(H,48,49)/b24-21-,32-28+/t41-/m1/s1. The zero-order valence-corrected chi connectivity index (χ0v) is 35.4. The van der Waals surface area contributed by atoms with Gasteiger partial charge in [0.15, 0.2) is 11.9 Å². The van der Waals surface area contributed by atoms with E-state index >= 15 is 0 Å². The van der Waals surface area contributed by atoms with Crippen LogP contribution in [0.4, 0.5) is 0 Å². The van der Waals surface area contributed by atoms with Crippen molar-refractivity contribution in [2.75, 3.05) is 26.4 Å². The van der Waals surface area contributed by atoms with Gasteiger partial charge in [0.25, 0.3) is 0 Å². The van der Waals surface area contributed by atoms with E-state index in [-0.39, 0.29) is 38.4 Å². The number of nitrogens with two attached hydrogens (primary N) is 1. The third-order valence-electron chi connectivity index (χ3n) is 9.32. The molecular formula is C43H80NO9P. The molecule has 1 unspecified atom stereocenters. The van der Waals surface area contributed by atoms with Crippen molar-refractivity contribution in [3.8, 4) is 0 Å². The zero-order valence-electron chi connectivity index (χ0n) is 34.5. The maximum atomic E-state index is 12.6. The largest absolute Gasteiger partial charge is 0.472 e. The molecule has 0 fully saturated rings. The van der Waals surface area contributed by atoms with Crippen LogP contribution in [0.5, 0.6) is 0 Å². The van der Waals surface area contributed by atoms with Crippen molar-refractivity contribution >= 4 is 25.5 Å². The fraction of sp³-hybridized carbons (Fsp3) is 0.837. The molecule has 0 aromatic carbocycles. The molecule has 0 heterocycles. The second kappa shape index (κ2) is 39.4. The van der Waals surface area contributed by atoms with Crippen molar-refractivity contribution in [1.82, 2.24) is 0 Å². The number of carbonyl (C=O) groups is 3. The summed E-state index contributed by atoms with van der Waals surface area (Å²) < 4.78 is 32.7. The zero-order chi connectivity index (χ0) is 39.8. The van der Waals surface area contributed by atoms with Gasteiger partial charge in [-0.15, -0.1) is 0 Å². The van der Waals surface area contributed by atoms with E-state index < -0.39 is 32.5 Å². The Bertz CT molecular complexity index is 1000. The molecule has 0 aromatic heterocycles. The van der Waals surface area contributed by atoms with Crippen molar-refractivity contribution in [3.63, 3.8) is 0 Å². The second-order valence-corrected chi connectivity index (χ2v) is 16.1. The number of unbranched alkanes of at least 4 members (excludes halogenated alkanes) is 23. The van der Waals surface area contributed by atoms with Gasteiger partial charge in [0.05, 0.1) is 13.2 Å². The lowest BCUT2D eigenvalue weighted by Crippen LogP contribution is -2.29. The minimum atomic E-state index is -4.40. The summed E-state index contributed by atoms with van der Waals surface area (Å²) in [5.41, 5.74) is 5.34. The van der Waals surface area contributed by atoms with Crippen LogP contribution >= 0.6 is 7.82 Å². The molecule has 0 spiro atoms. The molecule has 10 nitrogen and oxygen atoms in total. The van der Waals surface area contributed by atoms with Gasteiger partial charge in [0.2, 0.25) is 0 Å². The van der Waals surface area contributed by atoms with E-state index in [9.17, 15) is 23.8 Å². The second-order valence-electron chi connectivity index (χ2n) is 14.6. The van der Waals surface area contributed by atoms with E-state index in [4.69, 9.17) is 24.3 Å². The van der Waals surface area contributed by atoms with Crippen molar-refractivity contribution in [1.29, 1.82) is 0 Å². The Morgan fingerprint density at radius 1 is 0.593 bits per heavy atom. The van der Waals surface area contributed by atoms with E-state index in [0.717, 1.165) is 51.4 Å². The number of hydrogen-bond donors (Lipinski definition) is 2. The third kappa shape index (κ3) is 38.4. The molecule has 0 radical (unpaired) electrons. The highest BCUT2D eigenvalue weighted by molar-refractivity contribution is 7.47. The Labute approximate surface area is 329 Å². The summed E-state index contributed by atoms with van der Waals surface area (Å²) >= 11 is 0. The summed E-state index contributed by atoms with van der Waals surface area (Å²) in [5.74, 6) is -0.789. The number of phosphoric ester groups is 1. The molecule has 2 atom stereocenters. The molecule has 0 saturated carbocycles.